The summed E-state index contributed by atoms with van der Waals surface area (Å²) in [4.78, 5) is 16.5. The van der Waals surface area contributed by atoms with Crippen LogP contribution in [-0.4, -0.2) is 10.9 Å². The maximum Gasteiger partial charge on any atom is 0.253 e. The minimum atomic E-state index is -0.314. The Balaban J connectivity index is 2.24. The molecule has 0 aliphatic rings. The smallest absolute Gasteiger partial charge is 0.253 e. The highest BCUT2D eigenvalue weighted by atomic mass is 35.5. The number of carbonyl (C=O) groups is 1. The fourth-order valence-electron chi connectivity index (χ4n) is 1.76. The molecule has 1 heterocycles. The van der Waals surface area contributed by atoms with Crippen molar-refractivity contribution in [1.82, 2.24) is 10.3 Å². The summed E-state index contributed by atoms with van der Waals surface area (Å²) < 4.78 is 0. The second kappa shape index (κ2) is 6.43. The highest BCUT2D eigenvalue weighted by molar-refractivity contribution is 7.09. The predicted octanol–water partition coefficient (Wildman–Crippen LogP) is 3.91. The van der Waals surface area contributed by atoms with Crippen LogP contribution in [0.2, 0.25) is 10.0 Å². The largest absolute Gasteiger partial charge is 0.399 e. The second-order valence-corrected chi connectivity index (χ2v) is 5.88. The van der Waals surface area contributed by atoms with Crippen LogP contribution >= 0.6 is 34.5 Å². The zero-order valence-electron chi connectivity index (χ0n) is 10.7. The summed E-state index contributed by atoms with van der Waals surface area (Å²) in [5, 5.41) is 6.08. The van der Waals surface area contributed by atoms with Crippen molar-refractivity contribution < 1.29 is 4.79 Å². The van der Waals surface area contributed by atoms with Gasteiger partial charge in [-0.25, -0.2) is 4.98 Å². The van der Waals surface area contributed by atoms with E-state index < -0.39 is 0 Å². The molecular formula is C13H13Cl2N3OS. The summed E-state index contributed by atoms with van der Waals surface area (Å²) in [6.07, 6.45) is 2.44. The van der Waals surface area contributed by atoms with Crippen LogP contribution < -0.4 is 11.1 Å². The number of rotatable bonds is 4. The number of nitrogen functional groups attached to an aromatic ring is 1. The van der Waals surface area contributed by atoms with Crippen molar-refractivity contribution in [3.8, 4) is 0 Å². The Kier molecular flexibility index (Phi) is 4.86. The quantitative estimate of drug-likeness (QED) is 0.835. The van der Waals surface area contributed by atoms with Gasteiger partial charge in [0.05, 0.1) is 21.7 Å². The number of anilines is 1. The molecule has 7 heteroatoms. The number of nitrogens with two attached hydrogens (primary N) is 1. The first-order chi connectivity index (χ1) is 9.52. The fourth-order valence-corrected chi connectivity index (χ4v) is 2.95. The third-order valence-corrected chi connectivity index (χ3v) is 4.45. The molecule has 0 aliphatic heterocycles. The number of nitrogens with one attached hydrogen (secondary N) is 1. The van der Waals surface area contributed by atoms with Crippen LogP contribution in [0.4, 0.5) is 5.69 Å². The number of hydrogen-bond acceptors (Lipinski definition) is 4. The Morgan fingerprint density at radius 2 is 2.25 bits per heavy atom. The molecule has 1 aromatic heterocycles. The lowest BCUT2D eigenvalue weighted by Crippen LogP contribution is -2.28. The molecule has 0 aliphatic carbocycles. The number of aromatic nitrogens is 1. The van der Waals surface area contributed by atoms with Gasteiger partial charge in [-0.2, -0.15) is 0 Å². The van der Waals surface area contributed by atoms with E-state index in [1.165, 1.54) is 23.5 Å². The molecule has 1 atom stereocenters. The average molecular weight is 330 g/mol. The topological polar surface area (TPSA) is 68.0 Å². The molecule has 0 radical (unpaired) electrons. The van der Waals surface area contributed by atoms with Crippen LogP contribution in [0.5, 0.6) is 0 Å². The maximum atomic E-state index is 12.3. The van der Waals surface area contributed by atoms with E-state index in [1.807, 2.05) is 12.3 Å². The van der Waals surface area contributed by atoms with E-state index >= 15 is 0 Å². The van der Waals surface area contributed by atoms with Gasteiger partial charge in [-0.1, -0.05) is 30.1 Å². The van der Waals surface area contributed by atoms with Gasteiger partial charge in [0.25, 0.3) is 5.91 Å². The molecule has 0 bridgehead atoms. The molecule has 1 amide bonds. The van der Waals surface area contributed by atoms with Crippen molar-refractivity contribution in [2.45, 2.75) is 19.4 Å². The van der Waals surface area contributed by atoms with Gasteiger partial charge < -0.3 is 11.1 Å². The molecule has 0 fully saturated rings. The molecule has 1 unspecified atom stereocenters. The van der Waals surface area contributed by atoms with Crippen LogP contribution in [-0.2, 0) is 0 Å². The van der Waals surface area contributed by atoms with Gasteiger partial charge in [-0.3, -0.25) is 4.79 Å². The van der Waals surface area contributed by atoms with Crippen molar-refractivity contribution in [1.29, 1.82) is 0 Å². The molecule has 2 rings (SSSR count). The summed E-state index contributed by atoms with van der Waals surface area (Å²) in [7, 11) is 0. The first-order valence-electron chi connectivity index (χ1n) is 5.97. The highest BCUT2D eigenvalue weighted by Crippen LogP contribution is 2.29. The SMILES string of the molecule is CCC(NC(=O)c1cc(N)cc(Cl)c1Cl)c1nccs1. The number of benzene rings is 1. The Morgan fingerprint density at radius 3 is 2.85 bits per heavy atom. The number of nitrogens with zero attached hydrogens (tertiary/aromatic N) is 1. The molecule has 106 valence electrons. The van der Waals surface area contributed by atoms with E-state index in [2.05, 4.69) is 10.3 Å². The molecule has 0 saturated heterocycles. The Hall–Kier alpha value is -1.30. The first kappa shape index (κ1) is 15.1. The lowest BCUT2D eigenvalue weighted by molar-refractivity contribution is 0.0935. The van der Waals surface area contributed by atoms with Crippen molar-refractivity contribution in [2.24, 2.45) is 0 Å². The Morgan fingerprint density at radius 1 is 1.50 bits per heavy atom. The van der Waals surface area contributed by atoms with Gasteiger partial charge in [0, 0.05) is 17.3 Å². The molecule has 2 aromatic rings. The molecule has 0 saturated carbocycles. The van der Waals surface area contributed by atoms with Gasteiger partial charge in [0.1, 0.15) is 5.01 Å². The third-order valence-electron chi connectivity index (χ3n) is 2.76. The number of amides is 1. The van der Waals surface area contributed by atoms with E-state index in [0.29, 0.717) is 5.69 Å². The molecule has 4 nitrogen and oxygen atoms in total. The van der Waals surface area contributed by atoms with Crippen LogP contribution in [0.15, 0.2) is 23.7 Å². The van der Waals surface area contributed by atoms with E-state index in [4.69, 9.17) is 28.9 Å². The normalized spacial score (nSPS) is 12.2. The fraction of sp³-hybridized carbons (Fsp3) is 0.231. The Labute approximate surface area is 130 Å². The van der Waals surface area contributed by atoms with Crippen molar-refractivity contribution >= 4 is 46.1 Å². The molecular weight excluding hydrogens is 317 g/mol. The van der Waals surface area contributed by atoms with Crippen LogP contribution in [0.3, 0.4) is 0 Å². The third kappa shape index (κ3) is 3.23. The molecule has 1 aromatic carbocycles. The van der Waals surface area contributed by atoms with E-state index in [1.54, 1.807) is 6.20 Å². The minimum Gasteiger partial charge on any atom is -0.399 e. The van der Waals surface area contributed by atoms with Crippen LogP contribution in [0.25, 0.3) is 0 Å². The van der Waals surface area contributed by atoms with E-state index in [9.17, 15) is 4.79 Å². The molecule has 0 spiro atoms. The number of hydrogen-bond donors (Lipinski definition) is 2. The lowest BCUT2D eigenvalue weighted by Gasteiger charge is -2.15. The summed E-state index contributed by atoms with van der Waals surface area (Å²) in [5.74, 6) is -0.314. The summed E-state index contributed by atoms with van der Waals surface area (Å²) in [6.45, 7) is 1.97. The molecule has 20 heavy (non-hydrogen) atoms. The summed E-state index contributed by atoms with van der Waals surface area (Å²) in [6, 6.07) is 2.87. The van der Waals surface area contributed by atoms with Gasteiger partial charge in [0.15, 0.2) is 0 Å². The monoisotopic (exact) mass is 329 g/mol. The van der Waals surface area contributed by atoms with E-state index in [-0.39, 0.29) is 27.6 Å². The number of halogens is 2. The number of carbonyl (C=O) groups excluding carboxylic acids is 1. The highest BCUT2D eigenvalue weighted by Gasteiger charge is 2.19. The first-order valence-corrected chi connectivity index (χ1v) is 7.61. The summed E-state index contributed by atoms with van der Waals surface area (Å²) in [5.41, 5.74) is 6.36. The minimum absolute atomic E-state index is 0.154. The van der Waals surface area contributed by atoms with Crippen LogP contribution in [0, 0.1) is 0 Å². The average Bonchev–Trinajstić information content (AvgIpc) is 2.93. The lowest BCUT2D eigenvalue weighted by atomic mass is 10.1. The van der Waals surface area contributed by atoms with Crippen molar-refractivity contribution in [3.63, 3.8) is 0 Å². The second-order valence-electron chi connectivity index (χ2n) is 4.17. The predicted molar refractivity (Wildman–Crippen MR) is 83.5 cm³/mol. The zero-order chi connectivity index (χ0) is 14.7. The van der Waals surface area contributed by atoms with Gasteiger partial charge in [0.2, 0.25) is 0 Å². The van der Waals surface area contributed by atoms with Gasteiger partial charge >= 0.3 is 0 Å². The zero-order valence-corrected chi connectivity index (χ0v) is 13.0. The van der Waals surface area contributed by atoms with E-state index in [0.717, 1.165) is 11.4 Å². The number of thiazole rings is 1. The molecule has 3 N–H and O–H groups in total. The van der Waals surface area contributed by atoms with Crippen molar-refractivity contribution in [2.75, 3.05) is 5.73 Å². The maximum absolute atomic E-state index is 12.3. The standard InChI is InChI=1S/C13H13Cl2N3OS/c1-2-10(13-17-3-4-20-13)18-12(19)8-5-7(16)6-9(14)11(8)15/h3-6,10H,2,16H2,1H3,(H,18,19). The van der Waals surface area contributed by atoms with Crippen molar-refractivity contribution in [3.05, 3.63) is 44.3 Å². The van der Waals surface area contributed by atoms with Crippen LogP contribution in [0.1, 0.15) is 34.8 Å². The Bertz CT molecular complexity index is 616. The van der Waals surface area contributed by atoms with Gasteiger partial charge in [-0.05, 0) is 18.6 Å². The van der Waals surface area contributed by atoms with Gasteiger partial charge in [-0.15, -0.1) is 11.3 Å². The summed E-state index contributed by atoms with van der Waals surface area (Å²) >= 11 is 13.5.